The van der Waals surface area contributed by atoms with Crippen LogP contribution in [0.2, 0.25) is 0 Å². The van der Waals surface area contributed by atoms with E-state index in [0.717, 1.165) is 11.5 Å². The molecule has 3 atom stereocenters. The van der Waals surface area contributed by atoms with Crippen molar-refractivity contribution in [2.24, 2.45) is 11.7 Å². The zero-order valence-electron chi connectivity index (χ0n) is 11.3. The molecule has 3 unspecified atom stereocenters. The minimum atomic E-state index is 0.0780. The molecule has 0 bridgehead atoms. The molecule has 0 aliphatic rings. The summed E-state index contributed by atoms with van der Waals surface area (Å²) >= 11 is 1.80. The van der Waals surface area contributed by atoms with Crippen LogP contribution in [0.3, 0.4) is 0 Å². The summed E-state index contributed by atoms with van der Waals surface area (Å²) in [6, 6.07) is 8.11. The molecule has 102 valence electrons. The van der Waals surface area contributed by atoms with E-state index < -0.39 is 0 Å². The number of ether oxygens (including phenoxy) is 1. The first-order chi connectivity index (χ1) is 8.58. The van der Waals surface area contributed by atoms with Gasteiger partial charge in [-0.2, -0.15) is 11.8 Å². The van der Waals surface area contributed by atoms with Crippen molar-refractivity contribution in [3.63, 3.8) is 0 Å². The Morgan fingerprint density at radius 2 is 1.89 bits per heavy atom. The second-order valence-electron chi connectivity index (χ2n) is 4.67. The lowest BCUT2D eigenvalue weighted by molar-refractivity contribution is 0.250. The van der Waals surface area contributed by atoms with Gasteiger partial charge in [0.15, 0.2) is 0 Å². The zero-order valence-corrected chi connectivity index (χ0v) is 12.1. The molecule has 1 aromatic rings. The van der Waals surface area contributed by atoms with E-state index >= 15 is 0 Å². The van der Waals surface area contributed by atoms with Gasteiger partial charge in [0.25, 0.3) is 0 Å². The lowest BCUT2D eigenvalue weighted by atomic mass is 10.1. The van der Waals surface area contributed by atoms with Crippen molar-refractivity contribution < 1.29 is 9.84 Å². The highest BCUT2D eigenvalue weighted by Crippen LogP contribution is 2.33. The van der Waals surface area contributed by atoms with Crippen molar-refractivity contribution in [3.8, 4) is 5.75 Å². The lowest BCUT2D eigenvalue weighted by Gasteiger charge is -2.22. The van der Waals surface area contributed by atoms with Gasteiger partial charge in [-0.05, 0) is 36.3 Å². The van der Waals surface area contributed by atoms with Crippen molar-refractivity contribution >= 4 is 11.8 Å². The Morgan fingerprint density at radius 1 is 1.28 bits per heavy atom. The van der Waals surface area contributed by atoms with Gasteiger partial charge < -0.3 is 15.6 Å². The highest BCUT2D eigenvalue weighted by atomic mass is 32.2. The summed E-state index contributed by atoms with van der Waals surface area (Å²) in [5, 5.41) is 9.32. The number of thioether (sulfide) groups is 1. The van der Waals surface area contributed by atoms with E-state index in [1.54, 1.807) is 18.9 Å². The Labute approximate surface area is 114 Å². The fraction of sp³-hybridized carbons (Fsp3) is 0.571. The summed E-state index contributed by atoms with van der Waals surface area (Å²) in [5.74, 6) is 2.07. The van der Waals surface area contributed by atoms with Crippen molar-refractivity contribution in [2.45, 2.75) is 25.1 Å². The van der Waals surface area contributed by atoms with Gasteiger partial charge in [0.1, 0.15) is 5.75 Å². The van der Waals surface area contributed by atoms with E-state index in [-0.39, 0.29) is 17.9 Å². The molecule has 0 spiro atoms. The Balaban J connectivity index is 2.71. The van der Waals surface area contributed by atoms with Crippen LogP contribution in [0.5, 0.6) is 5.75 Å². The molecule has 0 fully saturated rings. The van der Waals surface area contributed by atoms with E-state index in [2.05, 4.69) is 12.1 Å². The minimum absolute atomic E-state index is 0.0780. The maximum absolute atomic E-state index is 9.06. The number of hydrogen-bond donors (Lipinski definition) is 2. The van der Waals surface area contributed by atoms with E-state index in [0.29, 0.717) is 5.92 Å². The van der Waals surface area contributed by atoms with Crippen molar-refractivity contribution in [3.05, 3.63) is 29.8 Å². The van der Waals surface area contributed by atoms with Crippen molar-refractivity contribution in [2.75, 3.05) is 19.5 Å². The third-order valence-electron chi connectivity index (χ3n) is 2.79. The SMILES string of the molecule is COc1ccc(C(SCC(C)CO)C(C)N)cc1. The monoisotopic (exact) mass is 269 g/mol. The van der Waals surface area contributed by atoms with Gasteiger partial charge >= 0.3 is 0 Å². The van der Waals surface area contributed by atoms with Gasteiger partial charge in [0, 0.05) is 17.9 Å². The molecule has 3 nitrogen and oxygen atoms in total. The summed E-state index contributed by atoms with van der Waals surface area (Å²) in [6.07, 6.45) is 0. The molecule has 3 N–H and O–H groups in total. The van der Waals surface area contributed by atoms with Crippen molar-refractivity contribution in [1.82, 2.24) is 0 Å². The van der Waals surface area contributed by atoms with Crippen molar-refractivity contribution in [1.29, 1.82) is 0 Å². The zero-order chi connectivity index (χ0) is 13.5. The minimum Gasteiger partial charge on any atom is -0.497 e. The number of nitrogens with two attached hydrogens (primary N) is 1. The second-order valence-corrected chi connectivity index (χ2v) is 5.85. The molecule has 0 aliphatic heterocycles. The average Bonchev–Trinajstić information content (AvgIpc) is 2.39. The number of methoxy groups -OCH3 is 1. The Kier molecular flexibility index (Phi) is 6.54. The van der Waals surface area contributed by atoms with Gasteiger partial charge in [0.2, 0.25) is 0 Å². The normalized spacial score (nSPS) is 16.1. The number of aliphatic hydroxyl groups excluding tert-OH is 1. The average molecular weight is 269 g/mol. The van der Waals surface area contributed by atoms with Gasteiger partial charge in [-0.1, -0.05) is 19.1 Å². The summed E-state index contributed by atoms with van der Waals surface area (Å²) < 4.78 is 5.15. The summed E-state index contributed by atoms with van der Waals surface area (Å²) in [5.41, 5.74) is 7.26. The first kappa shape index (κ1) is 15.3. The van der Waals surface area contributed by atoms with Crippen LogP contribution in [-0.2, 0) is 0 Å². The third kappa shape index (κ3) is 4.52. The molecular formula is C14H23NO2S. The van der Waals surface area contributed by atoms with Crippen LogP contribution >= 0.6 is 11.8 Å². The molecular weight excluding hydrogens is 246 g/mol. The molecule has 1 rings (SSSR count). The number of rotatable bonds is 7. The van der Waals surface area contributed by atoms with E-state index in [1.807, 2.05) is 26.0 Å². The largest absolute Gasteiger partial charge is 0.497 e. The Morgan fingerprint density at radius 3 is 2.33 bits per heavy atom. The van der Waals surface area contributed by atoms with E-state index in [4.69, 9.17) is 15.6 Å². The Bertz CT molecular complexity index is 340. The number of aliphatic hydroxyl groups is 1. The predicted molar refractivity (Wildman–Crippen MR) is 78.1 cm³/mol. The molecule has 0 aliphatic carbocycles. The van der Waals surface area contributed by atoms with E-state index in [9.17, 15) is 0 Å². The van der Waals surface area contributed by atoms with Gasteiger partial charge in [0.05, 0.1) is 7.11 Å². The number of benzene rings is 1. The lowest BCUT2D eigenvalue weighted by Crippen LogP contribution is -2.23. The molecule has 18 heavy (non-hydrogen) atoms. The van der Waals surface area contributed by atoms with Crippen LogP contribution in [0, 0.1) is 5.92 Å². The second kappa shape index (κ2) is 7.67. The quantitative estimate of drug-likeness (QED) is 0.798. The van der Waals surface area contributed by atoms with Crippen LogP contribution in [-0.4, -0.2) is 30.6 Å². The van der Waals surface area contributed by atoms with Crippen LogP contribution in [0.4, 0.5) is 0 Å². The maximum Gasteiger partial charge on any atom is 0.118 e. The van der Waals surface area contributed by atoms with E-state index in [1.165, 1.54) is 5.56 Å². The Hall–Kier alpha value is -0.710. The molecule has 0 saturated carbocycles. The van der Waals surface area contributed by atoms with Crippen LogP contribution < -0.4 is 10.5 Å². The molecule has 0 saturated heterocycles. The van der Waals surface area contributed by atoms with Crippen LogP contribution in [0.25, 0.3) is 0 Å². The molecule has 0 radical (unpaired) electrons. The molecule has 1 aromatic carbocycles. The standard InChI is InChI=1S/C14H23NO2S/c1-10(8-16)9-18-14(11(2)15)12-4-6-13(17-3)7-5-12/h4-7,10-11,14,16H,8-9,15H2,1-3H3. The highest BCUT2D eigenvalue weighted by Gasteiger charge is 2.17. The smallest absolute Gasteiger partial charge is 0.118 e. The first-order valence-corrected chi connectivity index (χ1v) is 7.25. The predicted octanol–water partition coefficient (Wildman–Crippen LogP) is 2.45. The van der Waals surface area contributed by atoms with Gasteiger partial charge in [-0.25, -0.2) is 0 Å². The molecule has 4 heteroatoms. The number of hydrogen-bond acceptors (Lipinski definition) is 4. The highest BCUT2D eigenvalue weighted by molar-refractivity contribution is 7.99. The molecule has 0 amide bonds. The summed E-state index contributed by atoms with van der Waals surface area (Å²) in [7, 11) is 1.66. The van der Waals surface area contributed by atoms with Crippen LogP contribution in [0.15, 0.2) is 24.3 Å². The van der Waals surface area contributed by atoms with Crippen LogP contribution in [0.1, 0.15) is 24.7 Å². The summed E-state index contributed by atoms with van der Waals surface area (Å²) in [4.78, 5) is 0. The van der Waals surface area contributed by atoms with Gasteiger partial charge in [-0.15, -0.1) is 0 Å². The maximum atomic E-state index is 9.06. The molecule has 0 heterocycles. The fourth-order valence-electron chi connectivity index (χ4n) is 1.67. The van der Waals surface area contributed by atoms with Gasteiger partial charge in [-0.3, -0.25) is 0 Å². The topological polar surface area (TPSA) is 55.5 Å². The summed E-state index contributed by atoms with van der Waals surface area (Å²) in [6.45, 7) is 4.28. The first-order valence-electron chi connectivity index (χ1n) is 6.20. The third-order valence-corrected chi connectivity index (χ3v) is 4.62. The molecule has 0 aromatic heterocycles. The fourth-order valence-corrected chi connectivity index (χ4v) is 2.96.